The minimum atomic E-state index is -0.402. The zero-order valence-corrected chi connectivity index (χ0v) is 21.9. The summed E-state index contributed by atoms with van der Waals surface area (Å²) in [5, 5.41) is 4.08. The third-order valence-electron chi connectivity index (χ3n) is 6.26. The van der Waals surface area contributed by atoms with E-state index in [-0.39, 0.29) is 18.6 Å². The summed E-state index contributed by atoms with van der Waals surface area (Å²) in [4.78, 5) is 30.9. The summed E-state index contributed by atoms with van der Waals surface area (Å²) < 4.78 is 11.1. The maximum absolute atomic E-state index is 13.3. The summed E-state index contributed by atoms with van der Waals surface area (Å²) in [6.45, 7) is 1.95. The van der Waals surface area contributed by atoms with Crippen molar-refractivity contribution in [2.75, 3.05) is 13.2 Å². The van der Waals surface area contributed by atoms with Crippen LogP contribution in [0.2, 0.25) is 0 Å². The van der Waals surface area contributed by atoms with Crippen LogP contribution in [-0.2, 0) is 22.4 Å². The molecule has 0 unspecified atom stereocenters. The van der Waals surface area contributed by atoms with E-state index in [9.17, 15) is 9.59 Å². The normalized spacial score (nSPS) is 16.3. The Morgan fingerprint density at radius 3 is 2.74 bits per heavy atom. The molecule has 2 aliphatic rings. The molecule has 2 aromatic rings. The van der Waals surface area contributed by atoms with Crippen LogP contribution in [0.5, 0.6) is 5.75 Å². The molecule has 8 heteroatoms. The summed E-state index contributed by atoms with van der Waals surface area (Å²) in [7, 11) is 0. The molecular weight excluding hydrogens is 516 g/mol. The highest BCUT2D eigenvalue weighted by molar-refractivity contribution is 9.10. The van der Waals surface area contributed by atoms with E-state index in [4.69, 9.17) is 14.5 Å². The third-order valence-corrected chi connectivity index (χ3v) is 8.08. The number of nitrogens with one attached hydrogen (secondary N) is 1. The Kier molecular flexibility index (Phi) is 8.78. The largest absolute Gasteiger partial charge is 0.481 e. The molecule has 1 aromatic heterocycles. The second-order valence-electron chi connectivity index (χ2n) is 8.74. The van der Waals surface area contributed by atoms with E-state index in [2.05, 4.69) is 21.2 Å². The van der Waals surface area contributed by atoms with Gasteiger partial charge in [-0.3, -0.25) is 4.79 Å². The minimum Gasteiger partial charge on any atom is -0.481 e. The van der Waals surface area contributed by atoms with E-state index >= 15 is 0 Å². The number of carbonyl (C=O) groups is 2. The van der Waals surface area contributed by atoms with Crippen LogP contribution < -0.4 is 10.1 Å². The molecule has 1 fully saturated rings. The van der Waals surface area contributed by atoms with Gasteiger partial charge < -0.3 is 14.8 Å². The van der Waals surface area contributed by atoms with Crippen LogP contribution in [0.4, 0.5) is 5.00 Å². The van der Waals surface area contributed by atoms with Crippen molar-refractivity contribution in [1.82, 2.24) is 5.32 Å². The Hall–Kier alpha value is -2.19. The first-order valence-corrected chi connectivity index (χ1v) is 13.7. The lowest BCUT2D eigenvalue weighted by molar-refractivity contribution is -0.145. The SMILES string of the molecule is CCOC(=O)COc1ccc(C=Nc2sc3c(c2C(=O)NC2CCCCC2)CCCC3)cc1Br. The van der Waals surface area contributed by atoms with Crippen molar-refractivity contribution >= 4 is 50.4 Å². The third kappa shape index (κ3) is 6.27. The Morgan fingerprint density at radius 1 is 1.18 bits per heavy atom. The van der Waals surface area contributed by atoms with E-state index in [1.807, 2.05) is 12.1 Å². The number of thiophene rings is 1. The maximum atomic E-state index is 13.3. The fourth-order valence-electron chi connectivity index (χ4n) is 4.57. The van der Waals surface area contributed by atoms with Crippen LogP contribution in [0.1, 0.15) is 78.2 Å². The Bertz CT molecular complexity index is 1060. The maximum Gasteiger partial charge on any atom is 0.344 e. The van der Waals surface area contributed by atoms with Gasteiger partial charge in [0.1, 0.15) is 10.8 Å². The zero-order valence-electron chi connectivity index (χ0n) is 19.5. The van der Waals surface area contributed by atoms with Gasteiger partial charge in [0.05, 0.1) is 16.6 Å². The van der Waals surface area contributed by atoms with Crippen LogP contribution in [0.25, 0.3) is 0 Å². The number of halogens is 1. The summed E-state index contributed by atoms with van der Waals surface area (Å²) >= 11 is 5.15. The zero-order chi connectivity index (χ0) is 23.9. The molecule has 0 spiro atoms. The number of aliphatic imine (C=N–C) groups is 1. The molecule has 182 valence electrons. The Balaban J connectivity index is 1.51. The molecular formula is C26H31BrN2O4S. The molecule has 1 N–H and O–H groups in total. The fourth-order valence-corrected chi connectivity index (χ4v) is 6.31. The first kappa shape index (κ1) is 24.9. The van der Waals surface area contributed by atoms with Gasteiger partial charge in [0.25, 0.3) is 5.91 Å². The van der Waals surface area contributed by atoms with Crippen molar-refractivity contribution in [1.29, 1.82) is 0 Å². The molecule has 1 saturated carbocycles. The van der Waals surface area contributed by atoms with E-state index in [0.29, 0.717) is 12.4 Å². The predicted molar refractivity (Wildman–Crippen MR) is 139 cm³/mol. The molecule has 1 heterocycles. The molecule has 1 amide bonds. The van der Waals surface area contributed by atoms with Gasteiger partial charge in [0.15, 0.2) is 6.61 Å². The lowest BCUT2D eigenvalue weighted by Gasteiger charge is -2.23. The Morgan fingerprint density at radius 2 is 1.97 bits per heavy atom. The second-order valence-corrected chi connectivity index (χ2v) is 10.7. The number of esters is 1. The van der Waals surface area contributed by atoms with Crippen LogP contribution in [-0.4, -0.2) is 37.3 Å². The van der Waals surface area contributed by atoms with Gasteiger partial charge in [0, 0.05) is 17.1 Å². The fraction of sp³-hybridized carbons (Fsp3) is 0.500. The van der Waals surface area contributed by atoms with E-state index in [1.165, 1.54) is 36.1 Å². The van der Waals surface area contributed by atoms with Crippen molar-refractivity contribution in [3.63, 3.8) is 0 Å². The molecule has 34 heavy (non-hydrogen) atoms. The Labute approximate surface area is 213 Å². The number of hydrogen-bond donors (Lipinski definition) is 1. The van der Waals surface area contributed by atoms with E-state index in [1.54, 1.807) is 30.5 Å². The van der Waals surface area contributed by atoms with Crippen molar-refractivity contribution in [3.8, 4) is 5.75 Å². The highest BCUT2D eigenvalue weighted by Crippen LogP contribution is 2.40. The van der Waals surface area contributed by atoms with Gasteiger partial charge in [-0.1, -0.05) is 19.3 Å². The number of fused-ring (bicyclic) bond motifs is 1. The van der Waals surface area contributed by atoms with Crippen molar-refractivity contribution < 1.29 is 19.1 Å². The van der Waals surface area contributed by atoms with Crippen molar-refractivity contribution in [2.24, 2.45) is 4.99 Å². The first-order valence-electron chi connectivity index (χ1n) is 12.1. The van der Waals surface area contributed by atoms with Gasteiger partial charge in [-0.25, -0.2) is 9.79 Å². The molecule has 0 radical (unpaired) electrons. The molecule has 2 aliphatic carbocycles. The minimum absolute atomic E-state index is 0.0299. The molecule has 1 aromatic carbocycles. The number of nitrogens with zero attached hydrogens (tertiary/aromatic N) is 1. The molecule has 0 atom stereocenters. The van der Waals surface area contributed by atoms with Gasteiger partial charge in [0.2, 0.25) is 0 Å². The highest BCUT2D eigenvalue weighted by atomic mass is 79.9. The number of ether oxygens (including phenoxy) is 2. The molecule has 0 aliphatic heterocycles. The quantitative estimate of drug-likeness (QED) is 0.318. The van der Waals surface area contributed by atoms with E-state index < -0.39 is 5.97 Å². The number of benzene rings is 1. The molecule has 4 rings (SSSR count). The van der Waals surface area contributed by atoms with Crippen molar-refractivity contribution in [3.05, 3.63) is 44.2 Å². The number of amides is 1. The predicted octanol–water partition coefficient (Wildman–Crippen LogP) is 6.14. The van der Waals surface area contributed by atoms with Gasteiger partial charge in [-0.2, -0.15) is 0 Å². The smallest absolute Gasteiger partial charge is 0.344 e. The average molecular weight is 548 g/mol. The first-order chi connectivity index (χ1) is 16.5. The molecule has 0 bridgehead atoms. The number of hydrogen-bond acceptors (Lipinski definition) is 6. The van der Waals surface area contributed by atoms with Crippen LogP contribution >= 0.6 is 27.3 Å². The topological polar surface area (TPSA) is 77.0 Å². The second kappa shape index (κ2) is 12.0. The monoisotopic (exact) mass is 546 g/mol. The van der Waals surface area contributed by atoms with Gasteiger partial charge >= 0.3 is 5.97 Å². The number of aryl methyl sites for hydroxylation is 1. The summed E-state index contributed by atoms with van der Waals surface area (Å²) in [6, 6.07) is 5.83. The number of carbonyl (C=O) groups excluding carboxylic acids is 2. The lowest BCUT2D eigenvalue weighted by Crippen LogP contribution is -2.36. The summed E-state index contributed by atoms with van der Waals surface area (Å²) in [5.74, 6) is 0.187. The van der Waals surface area contributed by atoms with Crippen LogP contribution in [0, 0.1) is 0 Å². The summed E-state index contributed by atoms with van der Waals surface area (Å²) in [5.41, 5.74) is 2.84. The lowest BCUT2D eigenvalue weighted by atomic mass is 9.93. The van der Waals surface area contributed by atoms with Crippen LogP contribution in [0.15, 0.2) is 27.7 Å². The molecule has 0 saturated heterocycles. The van der Waals surface area contributed by atoms with Gasteiger partial charge in [-0.05, 0) is 90.7 Å². The van der Waals surface area contributed by atoms with Crippen LogP contribution in [0.3, 0.4) is 0 Å². The number of rotatable bonds is 8. The van der Waals surface area contributed by atoms with Crippen molar-refractivity contribution in [2.45, 2.75) is 70.8 Å². The molecule has 6 nitrogen and oxygen atoms in total. The van der Waals surface area contributed by atoms with Gasteiger partial charge in [-0.15, -0.1) is 11.3 Å². The average Bonchev–Trinajstić information content (AvgIpc) is 3.21. The highest BCUT2D eigenvalue weighted by Gasteiger charge is 2.27. The van der Waals surface area contributed by atoms with E-state index in [0.717, 1.165) is 52.7 Å². The summed E-state index contributed by atoms with van der Waals surface area (Å²) in [6.07, 6.45) is 11.8. The standard InChI is InChI=1S/C26H31BrN2O4S/c1-2-32-23(30)16-33-21-13-12-17(14-20(21)27)15-28-26-24(19-10-6-7-11-22(19)34-26)25(31)29-18-8-4-3-5-9-18/h12-15,18H,2-11,16H2,1H3,(H,29,31).